The first-order valence-corrected chi connectivity index (χ1v) is 10.1. The zero-order chi connectivity index (χ0) is 18.8. The minimum Gasteiger partial charge on any atom is -0.357 e. The molecule has 6 heteroatoms. The molecule has 0 radical (unpaired) electrons. The number of guanidine groups is 1. The van der Waals surface area contributed by atoms with E-state index in [4.69, 9.17) is 0 Å². The summed E-state index contributed by atoms with van der Waals surface area (Å²) in [5, 5.41) is 9.78. The van der Waals surface area contributed by atoms with Crippen molar-refractivity contribution in [1.82, 2.24) is 10.6 Å². The molecule has 2 rings (SSSR count). The van der Waals surface area contributed by atoms with E-state index >= 15 is 0 Å². The third kappa shape index (κ3) is 8.07. The zero-order valence-electron chi connectivity index (χ0n) is 16.9. The van der Waals surface area contributed by atoms with Gasteiger partial charge in [0.25, 0.3) is 0 Å². The van der Waals surface area contributed by atoms with Crippen LogP contribution in [-0.4, -0.2) is 25.0 Å². The first kappa shape index (κ1) is 23.7. The number of benzene rings is 1. The molecule has 0 saturated heterocycles. The number of aliphatic imine (C=N–C) groups is 1. The minimum absolute atomic E-state index is 0. The van der Waals surface area contributed by atoms with Gasteiger partial charge in [0.1, 0.15) is 0 Å². The standard InChI is InChI=1S/C21H34N4O.HI/c1-4-16(5-2)14-23-21(22-6-3)24-15-17-9-7-12-19(13-17)25-20(26)18-10-8-11-18;/h7,9,12-13,16,18H,4-6,8,10-11,14-15H2,1-3H3,(H,25,26)(H2,22,23,24);1H. The lowest BCUT2D eigenvalue weighted by molar-refractivity contribution is -0.122. The van der Waals surface area contributed by atoms with Gasteiger partial charge in [0.05, 0.1) is 6.54 Å². The Labute approximate surface area is 181 Å². The normalized spacial score (nSPS) is 14.3. The predicted molar refractivity (Wildman–Crippen MR) is 125 cm³/mol. The first-order valence-electron chi connectivity index (χ1n) is 10.1. The molecule has 0 heterocycles. The quantitative estimate of drug-likeness (QED) is 0.273. The van der Waals surface area contributed by atoms with Gasteiger partial charge < -0.3 is 16.0 Å². The van der Waals surface area contributed by atoms with E-state index in [0.717, 1.165) is 43.1 Å². The predicted octanol–water partition coefficient (Wildman–Crippen LogP) is 4.53. The van der Waals surface area contributed by atoms with Crippen molar-refractivity contribution in [3.05, 3.63) is 29.8 Å². The smallest absolute Gasteiger partial charge is 0.227 e. The molecule has 1 aromatic carbocycles. The number of rotatable bonds is 9. The van der Waals surface area contributed by atoms with Crippen LogP contribution in [0.2, 0.25) is 0 Å². The zero-order valence-corrected chi connectivity index (χ0v) is 19.2. The second-order valence-corrected chi connectivity index (χ2v) is 7.08. The number of nitrogens with one attached hydrogen (secondary N) is 3. The summed E-state index contributed by atoms with van der Waals surface area (Å²) in [4.78, 5) is 16.8. The minimum atomic E-state index is 0. The molecule has 0 aliphatic heterocycles. The van der Waals surface area contributed by atoms with Gasteiger partial charge in [-0.05, 0) is 43.4 Å². The molecule has 1 aliphatic rings. The van der Waals surface area contributed by atoms with Gasteiger partial charge in [0.15, 0.2) is 5.96 Å². The summed E-state index contributed by atoms with van der Waals surface area (Å²) in [5.74, 6) is 1.87. The average molecular weight is 486 g/mol. The van der Waals surface area contributed by atoms with E-state index in [1.807, 2.05) is 24.3 Å². The molecule has 27 heavy (non-hydrogen) atoms. The maximum atomic E-state index is 12.1. The van der Waals surface area contributed by atoms with Crippen LogP contribution in [0.1, 0.15) is 58.4 Å². The largest absolute Gasteiger partial charge is 0.357 e. The molecule has 152 valence electrons. The van der Waals surface area contributed by atoms with Gasteiger partial charge in [-0.3, -0.25) is 4.79 Å². The Balaban J connectivity index is 0.00000364. The third-order valence-corrected chi connectivity index (χ3v) is 5.15. The third-order valence-electron chi connectivity index (χ3n) is 5.15. The summed E-state index contributed by atoms with van der Waals surface area (Å²) >= 11 is 0. The maximum Gasteiger partial charge on any atom is 0.227 e. The van der Waals surface area contributed by atoms with Crippen molar-refractivity contribution in [1.29, 1.82) is 0 Å². The van der Waals surface area contributed by atoms with E-state index in [1.165, 1.54) is 19.3 Å². The molecule has 0 atom stereocenters. The molecule has 0 spiro atoms. The summed E-state index contributed by atoms with van der Waals surface area (Å²) in [5.41, 5.74) is 1.96. The van der Waals surface area contributed by atoms with Crippen molar-refractivity contribution in [2.75, 3.05) is 18.4 Å². The molecule has 0 aromatic heterocycles. The van der Waals surface area contributed by atoms with Crippen LogP contribution in [0.25, 0.3) is 0 Å². The Hall–Kier alpha value is -1.31. The van der Waals surface area contributed by atoms with Gasteiger partial charge in [-0.2, -0.15) is 0 Å². The van der Waals surface area contributed by atoms with Gasteiger partial charge in [0, 0.05) is 24.7 Å². The van der Waals surface area contributed by atoms with E-state index in [1.54, 1.807) is 0 Å². The highest BCUT2D eigenvalue weighted by Gasteiger charge is 2.25. The molecule has 5 nitrogen and oxygen atoms in total. The summed E-state index contributed by atoms with van der Waals surface area (Å²) in [6.45, 7) is 8.89. The van der Waals surface area contributed by atoms with Crippen molar-refractivity contribution in [2.24, 2.45) is 16.8 Å². The fourth-order valence-corrected chi connectivity index (χ4v) is 2.99. The Morgan fingerprint density at radius 1 is 1.19 bits per heavy atom. The topological polar surface area (TPSA) is 65.5 Å². The molecule has 1 aliphatic carbocycles. The second kappa shape index (κ2) is 13.0. The van der Waals surface area contributed by atoms with E-state index in [2.05, 4.69) is 41.7 Å². The summed E-state index contributed by atoms with van der Waals surface area (Å²) in [6.07, 6.45) is 5.55. The molecule has 3 N–H and O–H groups in total. The molecule has 1 aromatic rings. The van der Waals surface area contributed by atoms with Gasteiger partial charge >= 0.3 is 0 Å². The van der Waals surface area contributed by atoms with Crippen LogP contribution >= 0.6 is 24.0 Å². The first-order chi connectivity index (χ1) is 12.7. The Morgan fingerprint density at radius 2 is 1.93 bits per heavy atom. The average Bonchev–Trinajstić information content (AvgIpc) is 2.59. The molecular formula is C21H35IN4O. The monoisotopic (exact) mass is 486 g/mol. The molecule has 0 bridgehead atoms. The van der Waals surface area contributed by atoms with E-state index in [-0.39, 0.29) is 35.8 Å². The second-order valence-electron chi connectivity index (χ2n) is 7.08. The Bertz CT molecular complexity index is 598. The van der Waals surface area contributed by atoms with Crippen molar-refractivity contribution < 1.29 is 4.79 Å². The molecular weight excluding hydrogens is 451 g/mol. The van der Waals surface area contributed by atoms with Gasteiger partial charge in [-0.25, -0.2) is 4.99 Å². The van der Waals surface area contributed by atoms with Crippen molar-refractivity contribution in [3.63, 3.8) is 0 Å². The molecule has 0 unspecified atom stereocenters. The number of amides is 1. The van der Waals surface area contributed by atoms with E-state index in [9.17, 15) is 4.79 Å². The maximum absolute atomic E-state index is 12.1. The van der Waals surface area contributed by atoms with Crippen LogP contribution in [0.3, 0.4) is 0 Å². The van der Waals surface area contributed by atoms with Crippen LogP contribution in [0, 0.1) is 11.8 Å². The van der Waals surface area contributed by atoms with Crippen LogP contribution in [0.5, 0.6) is 0 Å². The van der Waals surface area contributed by atoms with Crippen LogP contribution in [0.15, 0.2) is 29.3 Å². The molecule has 1 saturated carbocycles. The number of halogens is 1. The number of anilines is 1. The van der Waals surface area contributed by atoms with Gasteiger partial charge in [0.2, 0.25) is 5.91 Å². The lowest BCUT2D eigenvalue weighted by atomic mass is 9.85. The van der Waals surface area contributed by atoms with E-state index < -0.39 is 0 Å². The van der Waals surface area contributed by atoms with Gasteiger partial charge in [-0.1, -0.05) is 45.2 Å². The lowest BCUT2D eigenvalue weighted by Gasteiger charge is -2.24. The van der Waals surface area contributed by atoms with Crippen LogP contribution in [0.4, 0.5) is 5.69 Å². The number of carbonyl (C=O) groups is 1. The lowest BCUT2D eigenvalue weighted by Crippen LogP contribution is -2.39. The SMILES string of the molecule is CCNC(=NCc1cccc(NC(=O)C2CCC2)c1)NCC(CC)CC.I. The highest BCUT2D eigenvalue weighted by molar-refractivity contribution is 14.0. The van der Waals surface area contributed by atoms with Gasteiger partial charge in [-0.15, -0.1) is 24.0 Å². The van der Waals surface area contributed by atoms with Crippen LogP contribution < -0.4 is 16.0 Å². The number of nitrogens with zero attached hydrogens (tertiary/aromatic N) is 1. The molecule has 1 fully saturated rings. The highest BCUT2D eigenvalue weighted by atomic mass is 127. The number of hydrogen-bond acceptors (Lipinski definition) is 2. The van der Waals surface area contributed by atoms with Crippen molar-refractivity contribution in [3.8, 4) is 0 Å². The summed E-state index contributed by atoms with van der Waals surface area (Å²) in [6, 6.07) is 7.99. The Morgan fingerprint density at radius 3 is 2.52 bits per heavy atom. The molecule has 1 amide bonds. The Kier molecular flexibility index (Phi) is 11.4. The van der Waals surface area contributed by atoms with E-state index in [0.29, 0.717) is 12.5 Å². The van der Waals surface area contributed by atoms with Crippen molar-refractivity contribution in [2.45, 2.75) is 59.4 Å². The number of carbonyl (C=O) groups excluding carboxylic acids is 1. The highest BCUT2D eigenvalue weighted by Crippen LogP contribution is 2.27. The fourth-order valence-electron chi connectivity index (χ4n) is 2.99. The van der Waals surface area contributed by atoms with Crippen LogP contribution in [-0.2, 0) is 11.3 Å². The summed E-state index contributed by atoms with van der Waals surface area (Å²) in [7, 11) is 0. The fraction of sp³-hybridized carbons (Fsp3) is 0.619. The van der Waals surface area contributed by atoms with Crippen molar-refractivity contribution >= 4 is 41.5 Å². The number of hydrogen-bond donors (Lipinski definition) is 3. The summed E-state index contributed by atoms with van der Waals surface area (Å²) < 4.78 is 0.